The predicted molar refractivity (Wildman–Crippen MR) is 116 cm³/mol. The number of aromatic nitrogens is 3. The van der Waals surface area contributed by atoms with Crippen molar-refractivity contribution in [3.8, 4) is 17.3 Å². The molecule has 1 N–H and O–H groups in total. The van der Waals surface area contributed by atoms with Gasteiger partial charge in [-0.15, -0.1) is 0 Å². The van der Waals surface area contributed by atoms with Gasteiger partial charge in [-0.1, -0.05) is 30.3 Å². The molecular formula is C21H24N4O4S. The number of nitrogens with one attached hydrogen (secondary N) is 1. The molecule has 0 radical (unpaired) electrons. The van der Waals surface area contributed by atoms with Crippen molar-refractivity contribution in [3.05, 3.63) is 70.1 Å². The van der Waals surface area contributed by atoms with Crippen molar-refractivity contribution < 1.29 is 13.2 Å². The summed E-state index contributed by atoms with van der Waals surface area (Å²) in [7, 11) is -1.89. The van der Waals surface area contributed by atoms with Crippen LogP contribution in [0.25, 0.3) is 11.3 Å². The van der Waals surface area contributed by atoms with Crippen LogP contribution in [0, 0.1) is 6.92 Å². The van der Waals surface area contributed by atoms with Gasteiger partial charge in [-0.2, -0.15) is 9.97 Å². The lowest BCUT2D eigenvalue weighted by Gasteiger charge is -2.16. The molecule has 0 aliphatic heterocycles. The van der Waals surface area contributed by atoms with Crippen molar-refractivity contribution in [1.82, 2.24) is 14.5 Å². The number of rotatable bonds is 7. The third-order valence-electron chi connectivity index (χ3n) is 4.56. The lowest BCUT2D eigenvalue weighted by molar-refractivity contribution is 0.208. The molecular weight excluding hydrogens is 404 g/mol. The van der Waals surface area contributed by atoms with E-state index >= 15 is 0 Å². The van der Waals surface area contributed by atoms with E-state index in [0.29, 0.717) is 16.8 Å². The summed E-state index contributed by atoms with van der Waals surface area (Å²) in [5.74, 6) is 0.00523. The third-order valence-corrected chi connectivity index (χ3v) is 5.84. The monoisotopic (exact) mass is 428 g/mol. The zero-order valence-corrected chi connectivity index (χ0v) is 18.1. The molecule has 3 aromatic rings. The molecule has 0 spiro atoms. The van der Waals surface area contributed by atoms with Crippen LogP contribution in [0.2, 0.25) is 0 Å². The Bertz CT molecular complexity index is 1180. The van der Waals surface area contributed by atoms with E-state index in [1.54, 1.807) is 26.2 Å². The molecule has 30 heavy (non-hydrogen) atoms. The summed E-state index contributed by atoms with van der Waals surface area (Å²) < 4.78 is 33.9. The number of sulfonamides is 1. The van der Waals surface area contributed by atoms with Crippen LogP contribution in [0.3, 0.4) is 0 Å². The minimum absolute atomic E-state index is 0.0316. The highest BCUT2D eigenvalue weighted by Crippen LogP contribution is 2.25. The van der Waals surface area contributed by atoms with Crippen molar-refractivity contribution >= 4 is 15.8 Å². The van der Waals surface area contributed by atoms with Gasteiger partial charge in [0.05, 0.1) is 11.4 Å². The molecule has 8 nitrogen and oxygen atoms in total. The zero-order chi connectivity index (χ0) is 21.9. The molecule has 1 aromatic carbocycles. The molecule has 0 aliphatic rings. The molecule has 0 saturated carbocycles. The van der Waals surface area contributed by atoms with Gasteiger partial charge < -0.3 is 9.30 Å². The molecule has 2 aromatic heterocycles. The maximum Gasteiger partial charge on any atom is 0.319 e. The van der Waals surface area contributed by atoms with Crippen molar-refractivity contribution in [2.75, 3.05) is 10.5 Å². The van der Waals surface area contributed by atoms with E-state index in [0.717, 1.165) is 5.56 Å². The number of hydrogen-bond donors (Lipinski definition) is 1. The Morgan fingerprint density at radius 1 is 1.17 bits per heavy atom. The normalized spacial score (nSPS) is 12.4. The van der Waals surface area contributed by atoms with E-state index in [1.807, 2.05) is 37.3 Å². The summed E-state index contributed by atoms with van der Waals surface area (Å²) in [6.07, 6.45) is 1.29. The van der Waals surface area contributed by atoms with Gasteiger partial charge in [-0.25, -0.2) is 8.42 Å². The molecule has 0 aliphatic carbocycles. The summed E-state index contributed by atoms with van der Waals surface area (Å²) in [5.41, 5.74) is 2.44. The van der Waals surface area contributed by atoms with E-state index < -0.39 is 10.0 Å². The van der Waals surface area contributed by atoms with Gasteiger partial charge in [-0.3, -0.25) is 9.52 Å². The quantitative estimate of drug-likeness (QED) is 0.620. The molecule has 1 unspecified atom stereocenters. The summed E-state index contributed by atoms with van der Waals surface area (Å²) in [6, 6.07) is 12.8. The predicted octanol–water partition coefficient (Wildman–Crippen LogP) is 3.05. The van der Waals surface area contributed by atoms with Gasteiger partial charge in [0, 0.05) is 30.4 Å². The molecule has 0 saturated heterocycles. The molecule has 2 heterocycles. The van der Waals surface area contributed by atoms with Gasteiger partial charge in [-0.05, 0) is 32.4 Å². The molecule has 9 heteroatoms. The van der Waals surface area contributed by atoms with Crippen LogP contribution in [0.4, 0.5) is 5.82 Å². The highest BCUT2D eigenvalue weighted by Gasteiger charge is 2.16. The molecule has 0 bridgehead atoms. The standard InChI is InChI=1S/C21H24N4O4S/c1-5-30(27,28)24-19-12-18(17-11-14(2)20(26)25(4)13-17)22-21(23-19)29-15(3)16-9-7-6-8-10-16/h6-13,15H,5H2,1-4H3,(H,22,23,24). The summed E-state index contributed by atoms with van der Waals surface area (Å²) in [6.45, 7) is 5.11. The van der Waals surface area contributed by atoms with Crippen molar-refractivity contribution in [1.29, 1.82) is 0 Å². The van der Waals surface area contributed by atoms with Crippen molar-refractivity contribution in [2.45, 2.75) is 26.9 Å². The molecule has 3 rings (SSSR count). The Balaban J connectivity index is 2.06. The lowest BCUT2D eigenvalue weighted by Crippen LogP contribution is -2.19. The minimum atomic E-state index is -3.54. The van der Waals surface area contributed by atoms with Gasteiger partial charge in [0.15, 0.2) is 0 Å². The molecule has 0 fully saturated rings. The second-order valence-electron chi connectivity index (χ2n) is 6.93. The number of pyridine rings is 1. The van der Waals surface area contributed by atoms with Gasteiger partial charge >= 0.3 is 6.01 Å². The van der Waals surface area contributed by atoms with Crippen LogP contribution >= 0.6 is 0 Å². The fraction of sp³-hybridized carbons (Fsp3) is 0.286. The Morgan fingerprint density at radius 3 is 2.50 bits per heavy atom. The molecule has 1 atom stereocenters. The van der Waals surface area contributed by atoms with E-state index in [4.69, 9.17) is 4.74 Å². The highest BCUT2D eigenvalue weighted by atomic mass is 32.2. The van der Waals surface area contributed by atoms with Crippen LogP contribution in [0.5, 0.6) is 6.01 Å². The van der Waals surface area contributed by atoms with Crippen molar-refractivity contribution in [2.24, 2.45) is 7.05 Å². The van der Waals surface area contributed by atoms with E-state index in [9.17, 15) is 13.2 Å². The molecule has 0 amide bonds. The maximum atomic E-state index is 12.1. The van der Waals surface area contributed by atoms with Crippen LogP contribution in [0.1, 0.15) is 31.1 Å². The van der Waals surface area contributed by atoms with Gasteiger partial charge in [0.2, 0.25) is 10.0 Å². The number of hydrogen-bond acceptors (Lipinski definition) is 6. The van der Waals surface area contributed by atoms with Gasteiger partial charge in [0.25, 0.3) is 5.56 Å². The Kier molecular flexibility index (Phi) is 6.21. The fourth-order valence-electron chi connectivity index (χ4n) is 2.88. The smallest absolute Gasteiger partial charge is 0.319 e. The largest absolute Gasteiger partial charge is 0.455 e. The summed E-state index contributed by atoms with van der Waals surface area (Å²) >= 11 is 0. The second-order valence-corrected chi connectivity index (χ2v) is 8.94. The number of anilines is 1. The van der Waals surface area contributed by atoms with Gasteiger partial charge in [0.1, 0.15) is 11.9 Å². The number of aryl methyl sites for hydroxylation is 2. The second kappa shape index (κ2) is 8.66. The first-order valence-electron chi connectivity index (χ1n) is 9.47. The molecule has 158 valence electrons. The third kappa shape index (κ3) is 5.04. The van der Waals surface area contributed by atoms with Crippen LogP contribution in [0.15, 0.2) is 53.5 Å². The summed E-state index contributed by atoms with van der Waals surface area (Å²) in [5, 5.41) is 0. The van der Waals surface area contributed by atoms with E-state index in [-0.39, 0.29) is 29.2 Å². The first-order valence-corrected chi connectivity index (χ1v) is 11.1. The van der Waals surface area contributed by atoms with Crippen molar-refractivity contribution in [3.63, 3.8) is 0 Å². The number of ether oxygens (including phenoxy) is 1. The Morgan fingerprint density at radius 2 is 1.87 bits per heavy atom. The summed E-state index contributed by atoms with van der Waals surface area (Å²) in [4.78, 5) is 20.7. The number of nitrogens with zero attached hydrogens (tertiary/aromatic N) is 3. The SMILES string of the molecule is CCS(=O)(=O)Nc1cc(-c2cc(C)c(=O)n(C)c2)nc(OC(C)c2ccccc2)n1. The zero-order valence-electron chi connectivity index (χ0n) is 17.3. The maximum absolute atomic E-state index is 12.1. The average molecular weight is 429 g/mol. The Hall–Kier alpha value is -3.20. The fourth-order valence-corrected chi connectivity index (χ4v) is 3.45. The first-order chi connectivity index (χ1) is 14.2. The van der Waals surface area contributed by atoms with Crippen LogP contribution < -0.4 is 15.0 Å². The van der Waals surface area contributed by atoms with Crippen LogP contribution in [-0.4, -0.2) is 28.7 Å². The first kappa shape index (κ1) is 21.5. The van der Waals surface area contributed by atoms with E-state index in [1.165, 1.54) is 17.6 Å². The lowest BCUT2D eigenvalue weighted by atomic mass is 10.1. The van der Waals surface area contributed by atoms with E-state index in [2.05, 4.69) is 14.7 Å². The Labute approximate surface area is 175 Å². The van der Waals surface area contributed by atoms with Crippen LogP contribution in [-0.2, 0) is 17.1 Å². The topological polar surface area (TPSA) is 103 Å². The average Bonchev–Trinajstić information content (AvgIpc) is 2.71. The minimum Gasteiger partial charge on any atom is -0.455 e. The highest BCUT2D eigenvalue weighted by molar-refractivity contribution is 7.92. The number of benzene rings is 1.